The van der Waals surface area contributed by atoms with Gasteiger partial charge >= 0.3 is 13.8 Å². The second kappa shape index (κ2) is 14.1. The summed E-state index contributed by atoms with van der Waals surface area (Å²) in [7, 11) is -4.76. The van der Waals surface area contributed by atoms with Gasteiger partial charge in [-0.05, 0) is 25.5 Å². The molecule has 0 radical (unpaired) electrons. The van der Waals surface area contributed by atoms with E-state index in [1.807, 2.05) is 0 Å². The Labute approximate surface area is 219 Å². The number of nitrogens with one attached hydrogen (secondary N) is 1. The van der Waals surface area contributed by atoms with E-state index in [2.05, 4.69) is 23.9 Å². The van der Waals surface area contributed by atoms with Crippen molar-refractivity contribution in [2.24, 2.45) is 11.5 Å². The Balaban J connectivity index is 0.000000291. The van der Waals surface area contributed by atoms with Crippen LogP contribution in [0.15, 0.2) is 33.9 Å². The lowest BCUT2D eigenvalue weighted by Gasteiger charge is -2.16. The molecule has 0 amide bonds. The van der Waals surface area contributed by atoms with Crippen LogP contribution in [0.4, 0.5) is 5.95 Å². The van der Waals surface area contributed by atoms with Crippen LogP contribution in [0, 0.1) is 0 Å². The van der Waals surface area contributed by atoms with Gasteiger partial charge in [0.05, 0.1) is 19.2 Å². The van der Waals surface area contributed by atoms with Crippen molar-refractivity contribution < 1.29 is 53.3 Å². The lowest BCUT2D eigenvalue weighted by Crippen LogP contribution is -2.33. The van der Waals surface area contributed by atoms with E-state index in [4.69, 9.17) is 41.9 Å². The van der Waals surface area contributed by atoms with Gasteiger partial charge in [0.2, 0.25) is 5.95 Å². The highest BCUT2D eigenvalue weighted by atomic mass is 31.2. The molecule has 0 spiro atoms. The molecule has 1 aliphatic heterocycles. The van der Waals surface area contributed by atoms with Gasteiger partial charge in [0.1, 0.15) is 24.4 Å². The van der Waals surface area contributed by atoms with Gasteiger partial charge in [-0.15, -0.1) is 0 Å². The monoisotopic (exact) mass is 579 g/mol. The number of phosphoric acid groups is 1. The van der Waals surface area contributed by atoms with E-state index in [0.29, 0.717) is 19.4 Å². The quantitative estimate of drug-likeness (QED) is 0.124. The number of aromatic hydroxyl groups is 1. The summed E-state index contributed by atoms with van der Waals surface area (Å²) in [5.74, 6) is -1.16. The van der Waals surface area contributed by atoms with Gasteiger partial charge in [-0.3, -0.25) is 23.7 Å². The molecule has 3 aromatic heterocycles. The topological polar surface area (TPSA) is 329 Å². The molecule has 4 heterocycles. The van der Waals surface area contributed by atoms with Crippen molar-refractivity contribution in [3.63, 3.8) is 0 Å². The van der Waals surface area contributed by atoms with Crippen LogP contribution in [-0.4, -0.2) is 93.2 Å². The number of aliphatic hydroxyl groups excluding tert-OH is 2. The van der Waals surface area contributed by atoms with Gasteiger partial charge < -0.3 is 56.6 Å². The highest BCUT2D eigenvalue weighted by Gasteiger charge is 2.45. The predicted octanol–water partition coefficient (Wildman–Crippen LogP) is -2.45. The van der Waals surface area contributed by atoms with Crippen molar-refractivity contribution in [3.05, 3.63) is 35.1 Å². The van der Waals surface area contributed by atoms with Crippen molar-refractivity contribution in [1.29, 1.82) is 0 Å². The highest BCUT2D eigenvalue weighted by Crippen LogP contribution is 2.38. The van der Waals surface area contributed by atoms with Crippen LogP contribution < -0.4 is 22.8 Å². The Hall–Kier alpha value is -3.39. The van der Waals surface area contributed by atoms with Gasteiger partial charge in [0, 0.05) is 6.07 Å². The molecule has 20 heteroatoms. The molecule has 39 heavy (non-hydrogen) atoms. The molecule has 13 N–H and O–H groups in total. The van der Waals surface area contributed by atoms with Gasteiger partial charge in [0.25, 0.3) is 11.5 Å². The number of imidazole rings is 1. The molecule has 4 rings (SSSR count). The molecule has 19 nitrogen and oxygen atoms in total. The number of nitrogens with zero attached hydrogens (tertiary/aromatic N) is 3. The van der Waals surface area contributed by atoms with Crippen molar-refractivity contribution in [1.82, 2.24) is 19.5 Å². The first kappa shape index (κ1) is 31.8. The number of ether oxygens (including phenoxy) is 1. The molecule has 0 saturated carbocycles. The third-order valence-corrected chi connectivity index (χ3v) is 5.50. The number of hydrogen-bond acceptors (Lipinski definition) is 14. The molecule has 1 saturated heterocycles. The number of carboxylic acid groups (broad SMARTS) is 1. The third kappa shape index (κ3) is 9.39. The van der Waals surface area contributed by atoms with Crippen LogP contribution in [0.3, 0.4) is 0 Å². The maximum absolute atomic E-state index is 11.7. The average molecular weight is 579 g/mol. The van der Waals surface area contributed by atoms with E-state index < -0.39 is 56.5 Å². The number of nitrogen functional groups attached to an aromatic ring is 1. The zero-order valence-electron chi connectivity index (χ0n) is 20.2. The van der Waals surface area contributed by atoms with E-state index in [0.717, 1.165) is 0 Å². The number of aliphatic carboxylic acids is 1. The van der Waals surface area contributed by atoms with E-state index in [1.165, 1.54) is 23.2 Å². The minimum absolute atomic E-state index is 0.0176. The number of aliphatic hydroxyl groups is 2. The summed E-state index contributed by atoms with van der Waals surface area (Å²) < 4.78 is 26.0. The Morgan fingerprint density at radius 3 is 2.51 bits per heavy atom. The SMILES string of the molecule is NCCC[C@H](N)C(=O)O.Nc1nc2c(ncn2[C@@H]2O[C@H](COP(=O)(O)O)[C@@H](O)[C@H]2O)c(=O)[nH]1.Oc1ccco1. The molecule has 0 aliphatic carbocycles. The minimum atomic E-state index is -4.76. The molecule has 5 atom stereocenters. The number of phosphoric ester groups is 1. The summed E-state index contributed by atoms with van der Waals surface area (Å²) in [5.41, 5.74) is 15.1. The first-order valence-corrected chi connectivity index (χ1v) is 12.6. The molecule has 1 fully saturated rings. The fourth-order valence-electron chi connectivity index (χ4n) is 3.13. The summed E-state index contributed by atoms with van der Waals surface area (Å²) in [6.45, 7) is -0.150. The number of aromatic nitrogens is 4. The number of furan rings is 1. The summed E-state index contributed by atoms with van der Waals surface area (Å²) in [6, 6.07) is 2.35. The number of nitrogens with two attached hydrogens (primary N) is 3. The Bertz CT molecular complexity index is 1290. The molecule has 0 aromatic carbocycles. The number of H-pyrrole nitrogens is 1. The molecule has 1 aliphatic rings. The number of carbonyl (C=O) groups is 1. The molecular weight excluding hydrogens is 549 g/mol. The molecule has 218 valence electrons. The number of hydrogen-bond donors (Lipinski definition) is 10. The van der Waals surface area contributed by atoms with Crippen molar-refractivity contribution in [3.8, 4) is 5.95 Å². The number of rotatable bonds is 8. The first-order valence-electron chi connectivity index (χ1n) is 11.1. The summed E-state index contributed by atoms with van der Waals surface area (Å²) in [5, 5.41) is 36.6. The Kier molecular flexibility index (Phi) is 11.5. The van der Waals surface area contributed by atoms with Gasteiger partial charge in [-0.1, -0.05) is 0 Å². The maximum atomic E-state index is 11.7. The van der Waals surface area contributed by atoms with Crippen LogP contribution in [0.2, 0.25) is 0 Å². The zero-order valence-corrected chi connectivity index (χ0v) is 21.1. The summed E-state index contributed by atoms with van der Waals surface area (Å²) in [4.78, 5) is 49.2. The minimum Gasteiger partial charge on any atom is -0.481 e. The molecule has 0 unspecified atom stereocenters. The van der Waals surface area contributed by atoms with Crippen molar-refractivity contribution in [2.75, 3.05) is 18.9 Å². The second-order valence-corrected chi connectivity index (χ2v) is 9.17. The second-order valence-electron chi connectivity index (χ2n) is 7.93. The highest BCUT2D eigenvalue weighted by molar-refractivity contribution is 7.46. The fourth-order valence-corrected chi connectivity index (χ4v) is 3.47. The Morgan fingerprint density at radius 1 is 1.31 bits per heavy atom. The number of carboxylic acids is 1. The van der Waals surface area contributed by atoms with Crippen LogP contribution in [-0.2, 0) is 18.6 Å². The van der Waals surface area contributed by atoms with Gasteiger partial charge in [-0.25, -0.2) is 9.55 Å². The van der Waals surface area contributed by atoms with E-state index in [-0.39, 0.29) is 23.1 Å². The van der Waals surface area contributed by atoms with Crippen LogP contribution in [0.5, 0.6) is 5.95 Å². The fraction of sp³-hybridized carbons (Fsp3) is 0.474. The lowest BCUT2D eigenvalue weighted by atomic mass is 10.1. The number of aromatic amines is 1. The normalized spacial score (nSPS) is 21.5. The standard InChI is InChI=1S/C10H14N5O8P.C5H12N2O2.C4H4O2/c11-10-13-7-4(8(18)14-10)12-2-15(7)9-6(17)5(16)3(23-9)1-22-24(19,20)21;6-3-1-2-4(7)5(8)9;5-4-2-1-3-6-4/h2-3,5-6,9,16-17H,1H2,(H2,19,20,21)(H3,11,13,14,18);4H,1-3,6-7H2,(H,8,9);1-3,5H/t3-,5-,6-,9-;4-;/m10./s1. The van der Waals surface area contributed by atoms with Crippen LogP contribution in [0.25, 0.3) is 11.2 Å². The summed E-state index contributed by atoms with van der Waals surface area (Å²) >= 11 is 0. The van der Waals surface area contributed by atoms with Crippen LogP contribution in [0.1, 0.15) is 19.1 Å². The van der Waals surface area contributed by atoms with E-state index in [9.17, 15) is 24.4 Å². The van der Waals surface area contributed by atoms with Crippen molar-refractivity contribution >= 4 is 30.9 Å². The predicted molar refractivity (Wildman–Crippen MR) is 131 cm³/mol. The maximum Gasteiger partial charge on any atom is 0.469 e. The molecular formula is C19H30N7O12P. The van der Waals surface area contributed by atoms with Crippen molar-refractivity contribution in [2.45, 2.75) is 43.4 Å². The van der Waals surface area contributed by atoms with Crippen LogP contribution >= 0.6 is 7.82 Å². The lowest BCUT2D eigenvalue weighted by molar-refractivity contribution is -0.138. The molecule has 3 aromatic rings. The van der Waals surface area contributed by atoms with Gasteiger partial charge in [0.15, 0.2) is 17.4 Å². The summed E-state index contributed by atoms with van der Waals surface area (Å²) in [6.07, 6.45) is -1.67. The number of anilines is 1. The Morgan fingerprint density at radius 2 is 2.00 bits per heavy atom. The zero-order chi connectivity index (χ0) is 29.3. The number of fused-ring (bicyclic) bond motifs is 1. The third-order valence-electron chi connectivity index (χ3n) is 5.01. The van der Waals surface area contributed by atoms with Gasteiger partial charge in [-0.2, -0.15) is 4.98 Å². The largest absolute Gasteiger partial charge is 0.481 e. The molecule has 0 bridgehead atoms. The smallest absolute Gasteiger partial charge is 0.469 e. The first-order chi connectivity index (χ1) is 18.2. The van der Waals surface area contributed by atoms with E-state index >= 15 is 0 Å². The average Bonchev–Trinajstić information content (AvgIpc) is 3.57. The van der Waals surface area contributed by atoms with E-state index in [1.54, 1.807) is 6.07 Å².